The summed E-state index contributed by atoms with van der Waals surface area (Å²) in [6, 6.07) is 11.6. The molecule has 0 radical (unpaired) electrons. The summed E-state index contributed by atoms with van der Waals surface area (Å²) >= 11 is 0. The van der Waals surface area contributed by atoms with E-state index in [0.29, 0.717) is 48.3 Å². The van der Waals surface area contributed by atoms with Gasteiger partial charge in [-0.1, -0.05) is 155 Å². The molecular formula is C38H34O. The summed E-state index contributed by atoms with van der Waals surface area (Å²) in [5.74, 6) is 0.151. The molecule has 0 atom stereocenters. The van der Waals surface area contributed by atoms with Crippen LogP contribution < -0.4 is 0 Å². The van der Waals surface area contributed by atoms with Gasteiger partial charge < -0.3 is 4.42 Å². The Morgan fingerprint density at radius 1 is 0.795 bits per heavy atom. The summed E-state index contributed by atoms with van der Waals surface area (Å²) in [6.07, 6.45) is 5.20. The van der Waals surface area contributed by atoms with Gasteiger partial charge in [-0.3, -0.25) is 0 Å². The highest BCUT2D eigenvalue weighted by Gasteiger charge is 2.21. The molecule has 0 N–H and O–H groups in total. The maximum Gasteiger partial charge on any atom is 0.142 e. The van der Waals surface area contributed by atoms with Crippen molar-refractivity contribution in [2.45, 2.75) is 0 Å². The first kappa shape index (κ1) is 16.0. The van der Waals surface area contributed by atoms with Gasteiger partial charge in [-0.15, -0.1) is 0 Å². The summed E-state index contributed by atoms with van der Waals surface area (Å²) in [5, 5.41) is 0.666. The van der Waals surface area contributed by atoms with Crippen LogP contribution in [0.3, 0.4) is 0 Å². The molecule has 39 heavy (non-hydrogen) atoms. The molecule has 0 saturated carbocycles. The van der Waals surface area contributed by atoms with Crippen molar-refractivity contribution in [1.82, 2.24) is 0 Å². The summed E-state index contributed by atoms with van der Waals surface area (Å²) in [6.45, 7) is 11.4. The second-order valence-electron chi connectivity index (χ2n) is 7.87. The predicted molar refractivity (Wildman–Crippen MR) is 173 cm³/mol. The number of hydrogen-bond donors (Lipinski definition) is 0. The van der Waals surface area contributed by atoms with Crippen molar-refractivity contribution in [3.8, 4) is 0 Å². The molecule has 0 unspecified atom stereocenters. The third kappa shape index (κ3) is 6.41. The number of benzene rings is 2. The first-order valence-corrected chi connectivity index (χ1v) is 11.6. The molecule has 192 valence electrons. The predicted octanol–water partition coefficient (Wildman–Crippen LogP) is 10.8. The van der Waals surface area contributed by atoms with E-state index in [4.69, 9.17) is 20.9 Å². The second kappa shape index (κ2) is 14.0. The van der Waals surface area contributed by atoms with Gasteiger partial charge in [0.1, 0.15) is 11.3 Å². The van der Waals surface area contributed by atoms with E-state index >= 15 is 0 Å². The van der Waals surface area contributed by atoms with E-state index < -0.39 is 36.3 Å². The van der Waals surface area contributed by atoms with Crippen LogP contribution in [0.15, 0.2) is 187 Å². The zero-order valence-electron chi connectivity index (χ0n) is 33.2. The van der Waals surface area contributed by atoms with E-state index in [-0.39, 0.29) is 45.3 Å². The minimum Gasteiger partial charge on any atom is -0.455 e. The maximum absolute atomic E-state index is 9.06. The number of hydrogen-bond acceptors (Lipinski definition) is 1. The van der Waals surface area contributed by atoms with Gasteiger partial charge in [0, 0.05) is 16.5 Å². The van der Waals surface area contributed by atoms with Crippen LogP contribution in [0.1, 0.15) is 33.3 Å². The van der Waals surface area contributed by atoms with Crippen LogP contribution in [-0.2, 0) is 0 Å². The van der Waals surface area contributed by atoms with Crippen molar-refractivity contribution in [2.75, 3.05) is 0 Å². The third-order valence-corrected chi connectivity index (χ3v) is 5.64. The number of para-hydroxylation sites is 1. The lowest BCUT2D eigenvalue weighted by Gasteiger charge is -2.18. The highest BCUT2D eigenvalue weighted by atomic mass is 16.3. The highest BCUT2D eigenvalue weighted by Crippen LogP contribution is 2.39. The van der Waals surface area contributed by atoms with Crippen molar-refractivity contribution in [1.29, 1.82) is 0 Å². The molecule has 0 fully saturated rings. The Morgan fingerprint density at radius 2 is 1.46 bits per heavy atom. The normalized spacial score (nSPS) is 20.7. The smallest absolute Gasteiger partial charge is 0.142 e. The van der Waals surface area contributed by atoms with E-state index in [0.717, 1.165) is 18.7 Å². The summed E-state index contributed by atoms with van der Waals surface area (Å²) in [7, 11) is 0. The van der Waals surface area contributed by atoms with Gasteiger partial charge >= 0.3 is 0 Å². The third-order valence-electron chi connectivity index (χ3n) is 5.64. The Morgan fingerprint density at radius 3 is 2.15 bits per heavy atom. The number of allylic oxidation sites excluding steroid dienone is 15. The average Bonchev–Trinajstić information content (AvgIpc) is 3.54. The van der Waals surface area contributed by atoms with E-state index in [1.165, 1.54) is 12.2 Å². The van der Waals surface area contributed by atoms with Crippen molar-refractivity contribution in [2.24, 2.45) is 0 Å². The summed E-state index contributed by atoms with van der Waals surface area (Å²) in [5.41, 5.74) is 0.313. The minimum atomic E-state index is -0.701. The maximum atomic E-state index is 9.06. The zero-order valence-corrected chi connectivity index (χ0v) is 21.2. The molecule has 0 saturated heterocycles. The molecule has 1 heterocycles. The van der Waals surface area contributed by atoms with Crippen LogP contribution in [0.25, 0.3) is 28.7 Å². The molecule has 3 rings (SSSR count). The Hall–Kier alpha value is -5.14. The lowest BCUT2D eigenvalue weighted by molar-refractivity contribution is 0.599. The van der Waals surface area contributed by atoms with Crippen LogP contribution in [0.4, 0.5) is 0 Å². The SMILES string of the molecule is [2H]C=C([2H])/C=C(C(=C)c1oc2ccccc2c1C=C)/C(C([2H])=C[2H])=C(C([2H])=C[2H])\C(=C\C([2H])=C[2H])C(=C/c1ccccc1)\C([2H])=C(\[2H])C([2H])=C[2H]. The fraction of sp³-hybridized carbons (Fsp3) is 0. The molecular weight excluding hydrogens is 472 g/mol. The molecule has 0 aliphatic heterocycles. The van der Waals surface area contributed by atoms with Crippen molar-refractivity contribution in [3.63, 3.8) is 0 Å². The molecule has 0 aliphatic rings. The van der Waals surface area contributed by atoms with Crippen LogP contribution >= 0.6 is 0 Å². The average molecular weight is 519 g/mol. The second-order valence-corrected chi connectivity index (χ2v) is 7.87. The molecule has 0 amide bonds. The monoisotopic (exact) mass is 518 g/mol. The van der Waals surface area contributed by atoms with E-state index in [1.807, 2.05) is 0 Å². The fourth-order valence-corrected chi connectivity index (χ4v) is 3.95. The topological polar surface area (TPSA) is 13.1 Å². The molecule has 3 aromatic rings. The Labute approximate surface area is 249 Å². The van der Waals surface area contributed by atoms with Crippen LogP contribution in [0, 0.1) is 0 Å². The molecule has 1 heteroatoms. The largest absolute Gasteiger partial charge is 0.455 e. The minimum absolute atomic E-state index is 0.0352. The Balaban J connectivity index is 2.72. The number of furan rings is 1. The Kier molecular flexibility index (Phi) is 5.72. The summed E-state index contributed by atoms with van der Waals surface area (Å²) in [4.78, 5) is 0. The van der Waals surface area contributed by atoms with Crippen molar-refractivity contribution >= 4 is 28.7 Å². The van der Waals surface area contributed by atoms with Gasteiger partial charge in [0.05, 0.1) is 16.4 Å². The van der Waals surface area contributed by atoms with Crippen LogP contribution in [0.5, 0.6) is 0 Å². The van der Waals surface area contributed by atoms with E-state index in [2.05, 4.69) is 13.2 Å². The first-order chi connectivity index (χ1) is 24.4. The zero-order chi connectivity index (χ0) is 37.8. The molecule has 0 bridgehead atoms. The summed E-state index contributed by atoms with van der Waals surface area (Å²) < 4.78 is 106. The van der Waals surface area contributed by atoms with Gasteiger partial charge in [-0.05, 0) is 45.6 Å². The number of rotatable bonds is 13. The van der Waals surface area contributed by atoms with Gasteiger partial charge in [-0.25, -0.2) is 0 Å². The lowest BCUT2D eigenvalue weighted by atomic mass is 9.85. The Bertz CT molecular complexity index is 2130. The van der Waals surface area contributed by atoms with Crippen molar-refractivity contribution < 1.29 is 20.9 Å². The van der Waals surface area contributed by atoms with Gasteiger partial charge in [0.25, 0.3) is 0 Å². The first-order valence-electron chi connectivity index (χ1n) is 18.0. The van der Waals surface area contributed by atoms with Gasteiger partial charge in [0.15, 0.2) is 0 Å². The number of fused-ring (bicyclic) bond motifs is 1. The quantitative estimate of drug-likeness (QED) is 0.205. The lowest BCUT2D eigenvalue weighted by Crippen LogP contribution is -2.00. The molecule has 2 aromatic carbocycles. The molecule has 0 aliphatic carbocycles. The highest BCUT2D eigenvalue weighted by molar-refractivity contribution is 5.96. The molecule has 0 spiro atoms. The van der Waals surface area contributed by atoms with E-state index in [1.54, 1.807) is 54.6 Å². The van der Waals surface area contributed by atoms with Crippen LogP contribution in [-0.4, -0.2) is 0 Å². The standard InChI is InChI=1S/C38H34O/c1-8-14-24-30(27-29-22-16-15-17-23-29)35(21-10-3)32(12-5)31(11-4)34(20-9-2)28(7)38-33(13-6)36-25-18-19-26-37(36)39-38/h8-27H,1-7H2/b24-14-,30-27-,32-31-,34-20+,35-21+/i1D,2D,3D,4D,5D,8D,9D,10D,11D,12D,14D,24D/b8-1?,9-2?,10-3?,11-4?,12-5?,24-14-,30-27-,32-31-,34-20+,35-21+. The fourth-order valence-electron chi connectivity index (χ4n) is 3.95. The van der Waals surface area contributed by atoms with E-state index in [9.17, 15) is 0 Å². The van der Waals surface area contributed by atoms with Crippen molar-refractivity contribution in [3.05, 3.63) is 200 Å². The molecule has 1 aromatic heterocycles. The van der Waals surface area contributed by atoms with Gasteiger partial charge in [0.2, 0.25) is 0 Å². The van der Waals surface area contributed by atoms with Gasteiger partial charge in [-0.2, -0.15) is 0 Å². The van der Waals surface area contributed by atoms with Crippen LogP contribution in [0.2, 0.25) is 0 Å². The molecule has 1 nitrogen and oxygen atoms in total.